The fourth-order valence-corrected chi connectivity index (χ4v) is 4.40. The maximum Gasteiger partial charge on any atom is 0.253 e. The summed E-state index contributed by atoms with van der Waals surface area (Å²) in [6.45, 7) is 1.48. The van der Waals surface area contributed by atoms with Crippen molar-refractivity contribution in [1.29, 1.82) is 0 Å². The standard InChI is InChI=1S/C28H27N3O3/c1-33-25-13-11-23(12-14-25)27-29-26(34-30-27)19-20-15-17-31(18-16-20)28(32)24-9-7-22(8-10-24)21-5-3-2-4-6-21/h2-14,20H,15-19H2,1H3. The van der Waals surface area contributed by atoms with E-state index in [0.29, 0.717) is 17.6 Å². The summed E-state index contributed by atoms with van der Waals surface area (Å²) in [5.41, 5.74) is 3.90. The number of methoxy groups -OCH3 is 1. The minimum absolute atomic E-state index is 0.0950. The average molecular weight is 454 g/mol. The molecule has 0 bridgehead atoms. The second kappa shape index (κ2) is 9.91. The van der Waals surface area contributed by atoms with Crippen molar-refractivity contribution in [2.24, 2.45) is 5.92 Å². The zero-order valence-electron chi connectivity index (χ0n) is 19.2. The minimum atomic E-state index is 0.0950. The molecule has 1 amide bonds. The summed E-state index contributed by atoms with van der Waals surface area (Å²) in [7, 11) is 1.64. The van der Waals surface area contributed by atoms with E-state index in [-0.39, 0.29) is 5.91 Å². The number of amides is 1. The number of benzene rings is 3. The first-order chi connectivity index (χ1) is 16.7. The van der Waals surface area contributed by atoms with Crippen LogP contribution in [-0.2, 0) is 6.42 Å². The van der Waals surface area contributed by atoms with Gasteiger partial charge in [0.1, 0.15) is 5.75 Å². The minimum Gasteiger partial charge on any atom is -0.497 e. The molecule has 1 aliphatic heterocycles. The van der Waals surface area contributed by atoms with E-state index in [1.165, 1.54) is 0 Å². The number of likely N-dealkylation sites (tertiary alicyclic amines) is 1. The number of carbonyl (C=O) groups is 1. The molecular formula is C28H27N3O3. The molecule has 172 valence electrons. The first kappa shape index (κ1) is 21.9. The molecule has 0 atom stereocenters. The third-order valence-electron chi connectivity index (χ3n) is 6.42. The van der Waals surface area contributed by atoms with Crippen LogP contribution >= 0.6 is 0 Å². The van der Waals surface area contributed by atoms with Crippen LogP contribution in [0, 0.1) is 5.92 Å². The maximum absolute atomic E-state index is 13.0. The molecule has 0 aliphatic carbocycles. The van der Waals surface area contributed by atoms with E-state index >= 15 is 0 Å². The Labute approximate surface area is 199 Å². The fourth-order valence-electron chi connectivity index (χ4n) is 4.40. The van der Waals surface area contributed by atoms with Crippen LogP contribution in [-0.4, -0.2) is 41.1 Å². The molecule has 2 heterocycles. The van der Waals surface area contributed by atoms with E-state index in [2.05, 4.69) is 22.3 Å². The highest BCUT2D eigenvalue weighted by molar-refractivity contribution is 5.94. The second-order valence-electron chi connectivity index (χ2n) is 8.62. The lowest BCUT2D eigenvalue weighted by Gasteiger charge is -2.31. The van der Waals surface area contributed by atoms with Crippen LogP contribution < -0.4 is 4.74 Å². The number of hydrogen-bond acceptors (Lipinski definition) is 5. The highest BCUT2D eigenvalue weighted by Gasteiger charge is 2.25. The number of rotatable bonds is 6. The van der Waals surface area contributed by atoms with Crippen molar-refractivity contribution in [3.63, 3.8) is 0 Å². The summed E-state index contributed by atoms with van der Waals surface area (Å²) in [5.74, 6) is 2.54. The molecular weight excluding hydrogens is 426 g/mol. The number of piperidine rings is 1. The third-order valence-corrected chi connectivity index (χ3v) is 6.42. The van der Waals surface area contributed by atoms with Gasteiger partial charge in [-0.1, -0.05) is 47.6 Å². The maximum atomic E-state index is 13.0. The molecule has 0 spiro atoms. The molecule has 0 saturated carbocycles. The zero-order chi connectivity index (χ0) is 23.3. The Hall–Kier alpha value is -3.93. The van der Waals surface area contributed by atoms with Crippen LogP contribution in [0.1, 0.15) is 29.1 Å². The van der Waals surface area contributed by atoms with Crippen LogP contribution in [0.2, 0.25) is 0 Å². The van der Waals surface area contributed by atoms with Gasteiger partial charge in [-0.3, -0.25) is 4.79 Å². The Bertz CT molecular complexity index is 1230. The predicted octanol–water partition coefficient (Wildman–Crippen LogP) is 5.51. The normalized spacial score (nSPS) is 14.2. The highest BCUT2D eigenvalue weighted by atomic mass is 16.5. The van der Waals surface area contributed by atoms with Gasteiger partial charge < -0.3 is 14.2 Å². The van der Waals surface area contributed by atoms with Crippen molar-refractivity contribution in [2.45, 2.75) is 19.3 Å². The van der Waals surface area contributed by atoms with E-state index in [0.717, 1.165) is 60.4 Å². The molecule has 34 heavy (non-hydrogen) atoms. The van der Waals surface area contributed by atoms with Crippen molar-refractivity contribution in [3.8, 4) is 28.3 Å². The largest absolute Gasteiger partial charge is 0.497 e. The SMILES string of the molecule is COc1ccc(-c2noc(CC3CCN(C(=O)c4ccc(-c5ccccc5)cc4)CC3)n2)cc1. The molecule has 6 heteroatoms. The predicted molar refractivity (Wildman–Crippen MR) is 130 cm³/mol. The van der Waals surface area contributed by atoms with E-state index in [4.69, 9.17) is 9.26 Å². The second-order valence-corrected chi connectivity index (χ2v) is 8.62. The van der Waals surface area contributed by atoms with Gasteiger partial charge in [0.25, 0.3) is 5.91 Å². The Morgan fingerprint density at radius 2 is 1.56 bits per heavy atom. The van der Waals surface area contributed by atoms with Crippen molar-refractivity contribution >= 4 is 5.91 Å². The topological polar surface area (TPSA) is 68.5 Å². The van der Waals surface area contributed by atoms with Crippen molar-refractivity contribution in [3.05, 3.63) is 90.3 Å². The Morgan fingerprint density at radius 1 is 0.912 bits per heavy atom. The smallest absolute Gasteiger partial charge is 0.253 e. The molecule has 1 aliphatic rings. The lowest BCUT2D eigenvalue weighted by atomic mass is 9.93. The average Bonchev–Trinajstić information content (AvgIpc) is 3.38. The summed E-state index contributed by atoms with van der Waals surface area (Å²) >= 11 is 0. The molecule has 3 aromatic carbocycles. The monoisotopic (exact) mass is 453 g/mol. The third kappa shape index (κ3) is 4.86. The summed E-state index contributed by atoms with van der Waals surface area (Å²) in [6.07, 6.45) is 2.58. The van der Waals surface area contributed by atoms with Gasteiger partial charge in [0.05, 0.1) is 7.11 Å². The lowest BCUT2D eigenvalue weighted by molar-refractivity contribution is 0.0687. The van der Waals surface area contributed by atoms with Gasteiger partial charge in [-0.05, 0) is 66.3 Å². The number of carbonyl (C=O) groups excluding carboxylic acids is 1. The molecule has 6 nitrogen and oxygen atoms in total. The van der Waals surface area contributed by atoms with E-state index in [9.17, 15) is 4.79 Å². The summed E-state index contributed by atoms with van der Waals surface area (Å²) in [5, 5.41) is 4.13. The van der Waals surface area contributed by atoms with Gasteiger partial charge in [0.15, 0.2) is 0 Å². The summed E-state index contributed by atoms with van der Waals surface area (Å²) in [4.78, 5) is 19.5. The molecule has 0 radical (unpaired) electrons. The quantitative estimate of drug-likeness (QED) is 0.385. The molecule has 0 unspecified atom stereocenters. The number of ether oxygens (including phenoxy) is 1. The van der Waals surface area contributed by atoms with Crippen LogP contribution in [0.3, 0.4) is 0 Å². The van der Waals surface area contributed by atoms with Gasteiger partial charge in [-0.15, -0.1) is 0 Å². The number of hydrogen-bond donors (Lipinski definition) is 0. The molecule has 1 aromatic heterocycles. The van der Waals surface area contributed by atoms with Gasteiger partial charge >= 0.3 is 0 Å². The Kier molecular flexibility index (Phi) is 6.38. The molecule has 4 aromatic rings. The lowest BCUT2D eigenvalue weighted by Crippen LogP contribution is -2.38. The first-order valence-electron chi connectivity index (χ1n) is 11.6. The van der Waals surface area contributed by atoms with Gasteiger partial charge in [0, 0.05) is 30.6 Å². The van der Waals surface area contributed by atoms with Gasteiger partial charge in [0.2, 0.25) is 11.7 Å². The molecule has 1 saturated heterocycles. The van der Waals surface area contributed by atoms with Crippen LogP contribution in [0.25, 0.3) is 22.5 Å². The molecule has 5 rings (SSSR count). The van der Waals surface area contributed by atoms with Crippen LogP contribution in [0.5, 0.6) is 5.75 Å². The highest BCUT2D eigenvalue weighted by Crippen LogP contribution is 2.25. The summed E-state index contributed by atoms with van der Waals surface area (Å²) < 4.78 is 10.7. The van der Waals surface area contributed by atoms with E-state index in [1.54, 1.807) is 7.11 Å². The van der Waals surface area contributed by atoms with Gasteiger partial charge in [-0.2, -0.15) is 4.98 Å². The summed E-state index contributed by atoms with van der Waals surface area (Å²) in [6, 6.07) is 25.7. The van der Waals surface area contributed by atoms with E-state index < -0.39 is 0 Å². The van der Waals surface area contributed by atoms with Crippen molar-refractivity contribution < 1.29 is 14.1 Å². The Morgan fingerprint density at radius 3 is 2.24 bits per heavy atom. The van der Waals surface area contributed by atoms with Gasteiger partial charge in [-0.25, -0.2) is 0 Å². The van der Waals surface area contributed by atoms with Crippen LogP contribution in [0.4, 0.5) is 0 Å². The molecule has 0 N–H and O–H groups in total. The van der Waals surface area contributed by atoms with Crippen molar-refractivity contribution in [1.82, 2.24) is 15.0 Å². The first-order valence-corrected chi connectivity index (χ1v) is 11.6. The number of aromatic nitrogens is 2. The fraction of sp³-hybridized carbons (Fsp3) is 0.250. The Balaban J connectivity index is 1.15. The zero-order valence-corrected chi connectivity index (χ0v) is 19.2. The molecule has 1 fully saturated rings. The van der Waals surface area contributed by atoms with Crippen LogP contribution in [0.15, 0.2) is 83.4 Å². The van der Waals surface area contributed by atoms with Crippen molar-refractivity contribution in [2.75, 3.05) is 20.2 Å². The number of nitrogens with zero attached hydrogens (tertiary/aromatic N) is 3. The van der Waals surface area contributed by atoms with E-state index in [1.807, 2.05) is 71.6 Å².